The number of benzene rings is 2. The summed E-state index contributed by atoms with van der Waals surface area (Å²) in [5.41, 5.74) is 10.2. The Kier molecular flexibility index (Phi) is 5.51. The number of fused-ring (bicyclic) bond motifs is 3. The van der Waals surface area contributed by atoms with Crippen LogP contribution in [0.15, 0.2) is 71.9 Å². The van der Waals surface area contributed by atoms with E-state index in [9.17, 15) is 13.2 Å². The Labute approximate surface area is 196 Å². The molecule has 2 aromatic heterocycles. The van der Waals surface area contributed by atoms with E-state index in [0.717, 1.165) is 28.3 Å². The van der Waals surface area contributed by atoms with E-state index in [1.54, 1.807) is 36.5 Å². The van der Waals surface area contributed by atoms with Gasteiger partial charge in [-0.1, -0.05) is 24.3 Å². The highest BCUT2D eigenvalue weighted by Gasteiger charge is 2.25. The molecule has 0 unspecified atom stereocenters. The average molecular weight is 475 g/mol. The maximum atomic E-state index is 13.5. The minimum absolute atomic E-state index is 0.0744. The molecule has 3 heterocycles. The zero-order valence-electron chi connectivity index (χ0n) is 18.4. The molecule has 2 N–H and O–H groups in total. The van der Waals surface area contributed by atoms with Gasteiger partial charge >= 0.3 is 0 Å². The minimum Gasteiger partial charge on any atom is -0.383 e. The summed E-state index contributed by atoms with van der Waals surface area (Å²) < 4.78 is 30.6. The lowest BCUT2D eigenvalue weighted by atomic mass is 10.0. The van der Waals surface area contributed by atoms with Crippen LogP contribution < -0.4 is 10.6 Å². The Bertz CT molecular complexity index is 1520. The number of sulfone groups is 1. The number of ether oxygens (including phenoxy) is 1. The molecule has 2 aromatic carbocycles. The van der Waals surface area contributed by atoms with Gasteiger partial charge in [0.25, 0.3) is 5.91 Å². The number of hydrogen-bond donors (Lipinski definition) is 1. The number of pyridine rings is 2. The topological polar surface area (TPSA) is 115 Å². The van der Waals surface area contributed by atoms with Gasteiger partial charge in [0.05, 0.1) is 41.4 Å². The van der Waals surface area contributed by atoms with Gasteiger partial charge in [-0.15, -0.1) is 0 Å². The van der Waals surface area contributed by atoms with Crippen LogP contribution in [0.2, 0.25) is 0 Å². The summed E-state index contributed by atoms with van der Waals surface area (Å²) in [5.74, 6) is 0.0713. The van der Waals surface area contributed by atoms with Gasteiger partial charge in [0.15, 0.2) is 9.84 Å². The molecule has 172 valence electrons. The largest absolute Gasteiger partial charge is 0.383 e. The number of carbonyl (C=O) groups excluding carboxylic acids is 1. The zero-order chi connectivity index (χ0) is 23.9. The lowest BCUT2D eigenvalue weighted by Gasteiger charge is -2.25. The molecule has 0 saturated heterocycles. The summed E-state index contributed by atoms with van der Waals surface area (Å²) in [6, 6.07) is 15.5. The maximum absolute atomic E-state index is 13.5. The van der Waals surface area contributed by atoms with Crippen molar-refractivity contribution in [2.45, 2.75) is 24.7 Å². The molecule has 4 aromatic rings. The second kappa shape index (κ2) is 8.51. The number of carbonyl (C=O) groups is 1. The molecule has 9 heteroatoms. The number of hydrogen-bond acceptors (Lipinski definition) is 7. The van der Waals surface area contributed by atoms with Gasteiger partial charge in [0.2, 0.25) is 0 Å². The number of nitrogens with zero attached hydrogens (tertiary/aromatic N) is 3. The predicted molar refractivity (Wildman–Crippen MR) is 129 cm³/mol. The third kappa shape index (κ3) is 4.00. The number of amides is 1. The molecule has 0 radical (unpaired) electrons. The van der Waals surface area contributed by atoms with Crippen LogP contribution in [0.4, 0.5) is 11.5 Å². The summed E-state index contributed by atoms with van der Waals surface area (Å²) in [7, 11) is -3.59. The van der Waals surface area contributed by atoms with Crippen LogP contribution >= 0.6 is 0 Å². The monoisotopic (exact) mass is 474 g/mol. The molecule has 0 atom stereocenters. The molecule has 1 amide bonds. The van der Waals surface area contributed by atoms with Crippen molar-refractivity contribution in [1.82, 2.24) is 9.97 Å². The van der Waals surface area contributed by atoms with Crippen molar-refractivity contribution in [3.05, 3.63) is 89.2 Å². The van der Waals surface area contributed by atoms with Gasteiger partial charge < -0.3 is 15.4 Å². The molecule has 1 aliphatic heterocycles. The molecule has 0 saturated carbocycles. The van der Waals surface area contributed by atoms with Crippen molar-refractivity contribution in [3.8, 4) is 0 Å². The van der Waals surface area contributed by atoms with E-state index < -0.39 is 9.84 Å². The molecular weight excluding hydrogens is 452 g/mol. The summed E-state index contributed by atoms with van der Waals surface area (Å²) in [5, 5.41) is 0.951. The summed E-state index contributed by atoms with van der Waals surface area (Å²) in [4.78, 5) is 23.6. The second-order valence-electron chi connectivity index (χ2n) is 8.17. The molecule has 0 fully saturated rings. The first-order valence-corrected chi connectivity index (χ1v) is 12.5. The summed E-state index contributed by atoms with van der Waals surface area (Å²) in [6.07, 6.45) is 4.17. The van der Waals surface area contributed by atoms with Gasteiger partial charge in [0, 0.05) is 29.6 Å². The molecular formula is C25H22N4O4S. The molecule has 5 rings (SSSR count). The Hall–Kier alpha value is -3.82. The second-order valence-corrected chi connectivity index (χ2v) is 10.2. The normalized spacial score (nSPS) is 13.1. The van der Waals surface area contributed by atoms with Crippen molar-refractivity contribution in [3.63, 3.8) is 0 Å². The van der Waals surface area contributed by atoms with Crippen molar-refractivity contribution in [2.24, 2.45) is 0 Å². The van der Waals surface area contributed by atoms with Crippen LogP contribution in [0.1, 0.15) is 27.0 Å². The number of nitrogens with two attached hydrogens (primary N) is 1. The lowest BCUT2D eigenvalue weighted by molar-refractivity contribution is 0.0984. The average Bonchev–Trinajstić information content (AvgIpc) is 3.33. The van der Waals surface area contributed by atoms with Crippen LogP contribution in [0.25, 0.3) is 10.9 Å². The Morgan fingerprint density at radius 3 is 2.65 bits per heavy atom. The molecule has 1 aliphatic rings. The quantitative estimate of drug-likeness (QED) is 0.471. The third-order valence-corrected chi connectivity index (χ3v) is 6.99. The number of para-hydroxylation sites is 1. The fourth-order valence-corrected chi connectivity index (χ4v) is 5.09. The van der Waals surface area contributed by atoms with Crippen LogP contribution in [-0.4, -0.2) is 30.5 Å². The van der Waals surface area contributed by atoms with E-state index in [4.69, 9.17) is 10.5 Å². The van der Waals surface area contributed by atoms with E-state index in [0.29, 0.717) is 35.8 Å². The van der Waals surface area contributed by atoms with Gasteiger partial charge in [-0.2, -0.15) is 0 Å². The van der Waals surface area contributed by atoms with Gasteiger partial charge in [-0.05, 0) is 41.5 Å². The molecule has 8 nitrogen and oxygen atoms in total. The molecule has 0 bridgehead atoms. The first-order valence-electron chi connectivity index (χ1n) is 10.6. The summed E-state index contributed by atoms with van der Waals surface area (Å²) in [6.45, 7) is 1.05. The third-order valence-electron chi connectivity index (χ3n) is 5.84. The van der Waals surface area contributed by atoms with Crippen molar-refractivity contribution in [2.75, 3.05) is 16.9 Å². The first-order chi connectivity index (χ1) is 16.3. The van der Waals surface area contributed by atoms with E-state index in [2.05, 4.69) is 9.97 Å². The molecule has 0 aliphatic carbocycles. The van der Waals surface area contributed by atoms with Crippen LogP contribution in [0.3, 0.4) is 0 Å². The minimum atomic E-state index is -3.59. The number of nitrogen functional groups attached to an aromatic ring is 1. The van der Waals surface area contributed by atoms with E-state index in [-0.39, 0.29) is 17.3 Å². The predicted octanol–water partition coefficient (Wildman–Crippen LogP) is 3.49. The Balaban J connectivity index is 1.62. The molecule has 0 spiro atoms. The highest BCUT2D eigenvalue weighted by atomic mass is 32.2. The standard InChI is InChI=1S/C25H22N4O4S/c1-34(31,32)23-7-3-2-6-22(23)29(25(30)17-5-4-10-27-12-17)13-16-8-9-18-19-14-33-15-20(19)24(26)28-21(18)11-16/h2-12H,13-15H2,1H3,(H2,26,28). The van der Waals surface area contributed by atoms with Crippen molar-refractivity contribution in [1.29, 1.82) is 0 Å². The van der Waals surface area contributed by atoms with E-state index in [1.807, 2.05) is 18.2 Å². The highest BCUT2D eigenvalue weighted by molar-refractivity contribution is 7.90. The Morgan fingerprint density at radius 2 is 1.88 bits per heavy atom. The van der Waals surface area contributed by atoms with Crippen molar-refractivity contribution >= 4 is 38.2 Å². The number of aromatic nitrogens is 2. The lowest BCUT2D eigenvalue weighted by Crippen LogP contribution is -2.31. The first kappa shape index (κ1) is 22.0. The zero-order valence-corrected chi connectivity index (χ0v) is 19.2. The van der Waals surface area contributed by atoms with Crippen LogP contribution in [0.5, 0.6) is 0 Å². The highest BCUT2D eigenvalue weighted by Crippen LogP contribution is 2.33. The van der Waals surface area contributed by atoms with Crippen molar-refractivity contribution < 1.29 is 17.9 Å². The van der Waals surface area contributed by atoms with Crippen LogP contribution in [0, 0.1) is 0 Å². The molecule has 34 heavy (non-hydrogen) atoms. The maximum Gasteiger partial charge on any atom is 0.260 e. The van der Waals surface area contributed by atoms with Gasteiger partial charge in [0.1, 0.15) is 5.82 Å². The van der Waals surface area contributed by atoms with Crippen LogP contribution in [-0.2, 0) is 34.3 Å². The van der Waals surface area contributed by atoms with Gasteiger partial charge in [-0.3, -0.25) is 9.78 Å². The number of rotatable bonds is 5. The fraction of sp³-hybridized carbons (Fsp3) is 0.160. The fourth-order valence-electron chi connectivity index (χ4n) is 4.21. The Morgan fingerprint density at radius 1 is 1.09 bits per heavy atom. The number of anilines is 2. The summed E-state index contributed by atoms with van der Waals surface area (Å²) >= 11 is 0. The van der Waals surface area contributed by atoms with E-state index >= 15 is 0 Å². The van der Waals surface area contributed by atoms with E-state index in [1.165, 1.54) is 17.2 Å². The SMILES string of the molecule is CS(=O)(=O)c1ccccc1N(Cc1ccc2c3c(c(N)nc2c1)COC3)C(=O)c1cccnc1. The van der Waals surface area contributed by atoms with Gasteiger partial charge in [-0.25, -0.2) is 13.4 Å². The smallest absolute Gasteiger partial charge is 0.260 e.